The summed E-state index contributed by atoms with van der Waals surface area (Å²) in [5.74, 6) is 0.508. The number of hydrogen-bond donors (Lipinski definition) is 2. The molecule has 5 nitrogen and oxygen atoms in total. The maximum absolute atomic E-state index is 13.2. The van der Waals surface area contributed by atoms with Crippen LogP contribution in [-0.4, -0.2) is 21.3 Å². The van der Waals surface area contributed by atoms with Gasteiger partial charge in [-0.2, -0.15) is 0 Å². The van der Waals surface area contributed by atoms with Gasteiger partial charge in [-0.05, 0) is 22.0 Å². The lowest BCUT2D eigenvalue weighted by atomic mass is 10.2. The summed E-state index contributed by atoms with van der Waals surface area (Å²) in [5, 5.41) is 10.9. The summed E-state index contributed by atoms with van der Waals surface area (Å²) in [7, 11) is 1.89. The van der Waals surface area contributed by atoms with E-state index in [0.717, 1.165) is 5.82 Å². The minimum atomic E-state index is -0.369. The molecule has 1 heterocycles. The van der Waals surface area contributed by atoms with Crippen LogP contribution in [0, 0.1) is 5.82 Å². The van der Waals surface area contributed by atoms with Gasteiger partial charge in [0.2, 0.25) is 0 Å². The van der Waals surface area contributed by atoms with Crippen molar-refractivity contribution in [3.8, 4) is 0 Å². The van der Waals surface area contributed by atoms with Gasteiger partial charge in [-0.25, -0.2) is 4.39 Å². The van der Waals surface area contributed by atoms with Crippen LogP contribution in [0.1, 0.15) is 5.82 Å². The molecule has 0 atom stereocenters. The Balaban J connectivity index is 1.99. The Bertz CT molecular complexity index is 554. The molecule has 96 valence electrons. The number of nitrogens with one attached hydrogen (secondary N) is 1. The summed E-state index contributed by atoms with van der Waals surface area (Å²) in [6.45, 7) is 0.648. The molecule has 0 unspecified atom stereocenters. The highest BCUT2D eigenvalue weighted by Crippen LogP contribution is 2.26. The largest absolute Gasteiger partial charge is 0.397 e. The molecule has 7 heteroatoms. The third-order valence-corrected chi connectivity index (χ3v) is 3.17. The van der Waals surface area contributed by atoms with E-state index in [2.05, 4.69) is 31.4 Å². The van der Waals surface area contributed by atoms with Crippen LogP contribution in [0.15, 0.2) is 22.9 Å². The number of rotatable bonds is 4. The van der Waals surface area contributed by atoms with Crippen molar-refractivity contribution in [1.29, 1.82) is 0 Å². The number of nitrogens with zero attached hydrogens (tertiary/aromatic N) is 3. The zero-order valence-electron chi connectivity index (χ0n) is 9.82. The van der Waals surface area contributed by atoms with Gasteiger partial charge in [0.1, 0.15) is 18.0 Å². The molecule has 18 heavy (non-hydrogen) atoms. The monoisotopic (exact) mass is 313 g/mol. The van der Waals surface area contributed by atoms with E-state index in [0.29, 0.717) is 28.8 Å². The molecule has 2 rings (SSSR count). The highest BCUT2D eigenvalue weighted by atomic mass is 79.9. The van der Waals surface area contributed by atoms with E-state index >= 15 is 0 Å². The van der Waals surface area contributed by atoms with Crippen molar-refractivity contribution in [3.05, 3.63) is 34.6 Å². The second kappa shape index (κ2) is 5.34. The lowest BCUT2D eigenvalue weighted by molar-refractivity contribution is 0.622. The van der Waals surface area contributed by atoms with Gasteiger partial charge in [0.15, 0.2) is 0 Å². The van der Waals surface area contributed by atoms with Gasteiger partial charge in [0.05, 0.1) is 15.8 Å². The average molecular weight is 314 g/mol. The Hall–Kier alpha value is -1.63. The van der Waals surface area contributed by atoms with Crippen LogP contribution in [0.3, 0.4) is 0 Å². The Morgan fingerprint density at radius 3 is 2.94 bits per heavy atom. The minimum absolute atomic E-state index is 0.369. The molecule has 0 bridgehead atoms. The lowest BCUT2D eigenvalue weighted by Gasteiger charge is -2.10. The minimum Gasteiger partial charge on any atom is -0.397 e. The van der Waals surface area contributed by atoms with E-state index in [4.69, 9.17) is 5.73 Å². The SMILES string of the molecule is Cn1cnnc1CCNc1cc(Br)c(F)cc1N. The van der Waals surface area contributed by atoms with E-state index in [1.54, 1.807) is 12.4 Å². The molecule has 0 aliphatic rings. The van der Waals surface area contributed by atoms with Crippen molar-refractivity contribution < 1.29 is 4.39 Å². The Morgan fingerprint density at radius 2 is 2.28 bits per heavy atom. The van der Waals surface area contributed by atoms with Crippen LogP contribution in [0.25, 0.3) is 0 Å². The third kappa shape index (κ3) is 2.79. The summed E-state index contributed by atoms with van der Waals surface area (Å²) < 4.78 is 15.4. The van der Waals surface area contributed by atoms with Crippen LogP contribution >= 0.6 is 15.9 Å². The van der Waals surface area contributed by atoms with Crippen molar-refractivity contribution in [3.63, 3.8) is 0 Å². The van der Waals surface area contributed by atoms with Gasteiger partial charge in [0, 0.05) is 26.1 Å². The smallest absolute Gasteiger partial charge is 0.139 e. The number of benzene rings is 1. The highest BCUT2D eigenvalue weighted by molar-refractivity contribution is 9.10. The summed E-state index contributed by atoms with van der Waals surface area (Å²) in [6, 6.07) is 2.91. The fourth-order valence-electron chi connectivity index (χ4n) is 1.56. The van der Waals surface area contributed by atoms with Gasteiger partial charge in [-0.1, -0.05) is 0 Å². The molecular weight excluding hydrogens is 301 g/mol. The van der Waals surface area contributed by atoms with Crippen molar-refractivity contribution in [2.24, 2.45) is 7.05 Å². The predicted octanol–water partition coefficient (Wildman–Crippen LogP) is 1.95. The summed E-state index contributed by atoms with van der Waals surface area (Å²) in [4.78, 5) is 0. The Morgan fingerprint density at radius 1 is 1.50 bits per heavy atom. The van der Waals surface area contributed by atoms with E-state index in [1.165, 1.54) is 6.07 Å². The molecule has 0 amide bonds. The quantitative estimate of drug-likeness (QED) is 0.847. The molecule has 0 radical (unpaired) electrons. The fourth-order valence-corrected chi connectivity index (χ4v) is 1.90. The topological polar surface area (TPSA) is 68.8 Å². The maximum atomic E-state index is 13.2. The first-order valence-corrected chi connectivity index (χ1v) is 6.18. The zero-order chi connectivity index (χ0) is 13.1. The second-order valence-electron chi connectivity index (χ2n) is 3.89. The molecule has 0 saturated carbocycles. The summed E-state index contributed by atoms with van der Waals surface area (Å²) in [6.07, 6.45) is 2.36. The fraction of sp³-hybridized carbons (Fsp3) is 0.273. The van der Waals surface area contributed by atoms with E-state index < -0.39 is 0 Å². The van der Waals surface area contributed by atoms with Crippen LogP contribution in [-0.2, 0) is 13.5 Å². The molecule has 1 aromatic heterocycles. The third-order valence-electron chi connectivity index (χ3n) is 2.56. The summed E-state index contributed by atoms with van der Waals surface area (Å²) >= 11 is 3.13. The number of aryl methyl sites for hydroxylation is 1. The number of aromatic nitrogens is 3. The van der Waals surface area contributed by atoms with Crippen LogP contribution in [0.2, 0.25) is 0 Å². The van der Waals surface area contributed by atoms with Gasteiger partial charge >= 0.3 is 0 Å². The molecule has 0 saturated heterocycles. The standard InChI is InChI=1S/C11H13BrFN5/c1-18-6-16-17-11(18)2-3-15-10-4-7(12)8(13)5-9(10)14/h4-6,15H,2-3,14H2,1H3. The number of halogens is 2. The molecule has 1 aromatic carbocycles. The normalized spacial score (nSPS) is 10.6. The van der Waals surface area contributed by atoms with Gasteiger partial charge in [-0.3, -0.25) is 0 Å². The zero-order valence-corrected chi connectivity index (χ0v) is 11.4. The van der Waals surface area contributed by atoms with Crippen molar-refractivity contribution >= 4 is 27.3 Å². The Kier molecular flexibility index (Phi) is 3.81. The first-order valence-electron chi connectivity index (χ1n) is 5.39. The number of nitrogens with two attached hydrogens (primary N) is 1. The molecule has 0 fully saturated rings. The molecule has 3 N–H and O–H groups in total. The van der Waals surface area contributed by atoms with Crippen molar-refractivity contribution in [2.75, 3.05) is 17.6 Å². The van der Waals surface area contributed by atoms with Gasteiger partial charge in [-0.15, -0.1) is 10.2 Å². The molecule has 2 aromatic rings. The molecule has 0 spiro atoms. The maximum Gasteiger partial charge on any atom is 0.139 e. The predicted molar refractivity (Wildman–Crippen MR) is 71.7 cm³/mol. The number of nitrogen functional groups attached to an aromatic ring is 1. The van der Waals surface area contributed by atoms with Crippen molar-refractivity contribution in [1.82, 2.24) is 14.8 Å². The molecule has 0 aliphatic heterocycles. The van der Waals surface area contributed by atoms with Gasteiger partial charge < -0.3 is 15.6 Å². The second-order valence-corrected chi connectivity index (χ2v) is 4.74. The van der Waals surface area contributed by atoms with Crippen LogP contribution < -0.4 is 11.1 Å². The first kappa shape index (κ1) is 12.8. The van der Waals surface area contributed by atoms with Crippen LogP contribution in [0.4, 0.5) is 15.8 Å². The highest BCUT2D eigenvalue weighted by Gasteiger charge is 2.06. The molecule has 0 aliphatic carbocycles. The van der Waals surface area contributed by atoms with E-state index in [-0.39, 0.29) is 5.82 Å². The molecular formula is C11H13BrFN5. The van der Waals surface area contributed by atoms with Crippen LogP contribution in [0.5, 0.6) is 0 Å². The lowest BCUT2D eigenvalue weighted by Crippen LogP contribution is -2.10. The number of anilines is 2. The average Bonchev–Trinajstić information content (AvgIpc) is 2.72. The summed E-state index contributed by atoms with van der Waals surface area (Å²) in [5.41, 5.74) is 6.81. The first-order chi connectivity index (χ1) is 8.58. The number of hydrogen-bond acceptors (Lipinski definition) is 4. The Labute approximate surface area is 112 Å². The van der Waals surface area contributed by atoms with E-state index in [9.17, 15) is 4.39 Å². The van der Waals surface area contributed by atoms with E-state index in [1.807, 2.05) is 11.6 Å². The van der Waals surface area contributed by atoms with Crippen molar-refractivity contribution in [2.45, 2.75) is 6.42 Å². The van der Waals surface area contributed by atoms with Gasteiger partial charge in [0.25, 0.3) is 0 Å².